The van der Waals surface area contributed by atoms with E-state index in [1.54, 1.807) is 6.07 Å². The van der Waals surface area contributed by atoms with E-state index in [9.17, 15) is 14.4 Å². The number of nitrogens with zero attached hydrogens (tertiary/aromatic N) is 2. The van der Waals surface area contributed by atoms with Crippen LogP contribution < -0.4 is 5.32 Å². The van der Waals surface area contributed by atoms with E-state index in [0.29, 0.717) is 0 Å². The van der Waals surface area contributed by atoms with Gasteiger partial charge in [-0.1, -0.05) is 20.8 Å². The molecule has 0 fully saturated rings. The van der Waals surface area contributed by atoms with Crippen molar-refractivity contribution in [2.45, 2.75) is 26.2 Å². The number of rotatable bonds is 4. The predicted octanol–water partition coefficient (Wildman–Crippen LogP) is 2.57. The largest absolute Gasteiger partial charge is 0.476 e. The van der Waals surface area contributed by atoms with Crippen LogP contribution in [-0.2, 0) is 10.2 Å². The first-order valence-electron chi connectivity index (χ1n) is 7.23. The fraction of sp³-hybridized carbons (Fsp3) is 0.312. The van der Waals surface area contributed by atoms with Crippen LogP contribution in [0.5, 0.6) is 0 Å². The lowest BCUT2D eigenvalue weighted by atomic mass is 9.94. The van der Waals surface area contributed by atoms with Crippen molar-refractivity contribution < 1.29 is 24.2 Å². The van der Waals surface area contributed by atoms with Crippen LogP contribution in [-0.4, -0.2) is 40.0 Å². The molecule has 0 aliphatic carbocycles. The average Bonchev–Trinajstić information content (AvgIpc) is 2.98. The summed E-state index contributed by atoms with van der Waals surface area (Å²) in [5.74, 6) is -2.73. The Balaban J connectivity index is 2.43. The highest BCUT2D eigenvalue weighted by Crippen LogP contribution is 2.36. The molecule has 0 aliphatic heterocycles. The van der Waals surface area contributed by atoms with Gasteiger partial charge in [-0.3, -0.25) is 4.79 Å². The smallest absolute Gasteiger partial charge is 0.356 e. The summed E-state index contributed by atoms with van der Waals surface area (Å²) in [6, 6.07) is 1.67. The molecule has 25 heavy (non-hydrogen) atoms. The van der Waals surface area contributed by atoms with Crippen LogP contribution >= 0.6 is 11.3 Å². The second-order valence-corrected chi connectivity index (χ2v) is 7.16. The standard InChI is InChI=1S/C16H17N3O5S/c1-16(2,3)9-7-8(12(25-9)15(23)24-4)19-13(20)10-11(14(21)22)18-6-5-17-10/h5-7H,1-4H3,(H,19,20)(H,21,22). The molecule has 2 heterocycles. The van der Waals surface area contributed by atoms with Gasteiger partial charge < -0.3 is 15.2 Å². The first kappa shape index (κ1) is 18.5. The third kappa shape index (κ3) is 4.00. The summed E-state index contributed by atoms with van der Waals surface area (Å²) < 4.78 is 4.75. The lowest BCUT2D eigenvalue weighted by Gasteiger charge is -2.15. The molecule has 2 N–H and O–H groups in total. The number of nitrogens with one attached hydrogen (secondary N) is 1. The minimum atomic E-state index is -1.37. The highest BCUT2D eigenvalue weighted by atomic mass is 32.1. The molecule has 2 rings (SSSR count). The zero-order chi connectivity index (χ0) is 18.8. The van der Waals surface area contributed by atoms with Crippen LogP contribution in [0.25, 0.3) is 0 Å². The second-order valence-electron chi connectivity index (χ2n) is 6.11. The van der Waals surface area contributed by atoms with E-state index in [1.807, 2.05) is 20.8 Å². The number of carboxylic acid groups (broad SMARTS) is 1. The van der Waals surface area contributed by atoms with Gasteiger partial charge in [0, 0.05) is 17.3 Å². The van der Waals surface area contributed by atoms with E-state index in [1.165, 1.54) is 30.8 Å². The van der Waals surface area contributed by atoms with Gasteiger partial charge in [-0.15, -0.1) is 11.3 Å². The first-order valence-corrected chi connectivity index (χ1v) is 8.05. The number of amides is 1. The molecule has 8 nitrogen and oxygen atoms in total. The lowest BCUT2D eigenvalue weighted by molar-refractivity contribution is 0.0606. The second kappa shape index (κ2) is 6.98. The number of hydrogen-bond donors (Lipinski definition) is 2. The Morgan fingerprint density at radius 2 is 1.76 bits per heavy atom. The molecule has 0 radical (unpaired) electrons. The van der Waals surface area contributed by atoms with Crippen LogP contribution in [0.3, 0.4) is 0 Å². The number of carbonyl (C=O) groups excluding carboxylic acids is 2. The van der Waals surface area contributed by atoms with Crippen molar-refractivity contribution >= 4 is 34.9 Å². The summed E-state index contributed by atoms with van der Waals surface area (Å²) in [5.41, 5.74) is -0.802. The molecule has 0 atom stereocenters. The molecular formula is C16H17N3O5S. The maximum absolute atomic E-state index is 12.4. The zero-order valence-electron chi connectivity index (χ0n) is 14.1. The monoisotopic (exact) mass is 363 g/mol. The van der Waals surface area contributed by atoms with Crippen molar-refractivity contribution in [3.63, 3.8) is 0 Å². The number of esters is 1. The number of methoxy groups -OCH3 is 1. The van der Waals surface area contributed by atoms with Gasteiger partial charge in [-0.2, -0.15) is 0 Å². The Morgan fingerprint density at radius 3 is 2.28 bits per heavy atom. The Labute approximate surface area is 147 Å². The normalized spacial score (nSPS) is 11.0. The van der Waals surface area contributed by atoms with E-state index in [2.05, 4.69) is 15.3 Å². The fourth-order valence-corrected chi connectivity index (χ4v) is 3.03. The quantitative estimate of drug-likeness (QED) is 0.801. The molecular weight excluding hydrogens is 346 g/mol. The number of hydrogen-bond acceptors (Lipinski definition) is 7. The van der Waals surface area contributed by atoms with Gasteiger partial charge in [0.15, 0.2) is 11.4 Å². The molecule has 0 saturated heterocycles. The number of carboxylic acids is 1. The van der Waals surface area contributed by atoms with Gasteiger partial charge in [0.25, 0.3) is 5.91 Å². The maximum Gasteiger partial charge on any atom is 0.356 e. The number of anilines is 1. The molecule has 9 heteroatoms. The molecule has 132 valence electrons. The van der Waals surface area contributed by atoms with Crippen molar-refractivity contribution in [2.75, 3.05) is 12.4 Å². The number of aromatic carboxylic acids is 1. The van der Waals surface area contributed by atoms with Crippen LogP contribution in [0.4, 0.5) is 5.69 Å². The van der Waals surface area contributed by atoms with Crippen LogP contribution in [0.15, 0.2) is 18.5 Å². The topological polar surface area (TPSA) is 118 Å². The van der Waals surface area contributed by atoms with Crippen molar-refractivity contribution in [3.05, 3.63) is 39.6 Å². The Bertz CT molecular complexity index is 839. The highest BCUT2D eigenvalue weighted by molar-refractivity contribution is 7.14. The highest BCUT2D eigenvalue weighted by Gasteiger charge is 2.26. The predicted molar refractivity (Wildman–Crippen MR) is 91.3 cm³/mol. The van der Waals surface area contributed by atoms with Gasteiger partial charge in [-0.25, -0.2) is 19.6 Å². The summed E-state index contributed by atoms with van der Waals surface area (Å²) in [6.45, 7) is 5.91. The van der Waals surface area contributed by atoms with E-state index < -0.39 is 23.5 Å². The summed E-state index contributed by atoms with van der Waals surface area (Å²) in [5, 5.41) is 11.7. The third-order valence-electron chi connectivity index (χ3n) is 3.21. The van der Waals surface area contributed by atoms with Crippen LogP contribution in [0, 0.1) is 0 Å². The minimum absolute atomic E-state index is 0.224. The summed E-state index contributed by atoms with van der Waals surface area (Å²) in [4.78, 5) is 44.1. The number of carbonyl (C=O) groups is 3. The zero-order valence-corrected chi connectivity index (χ0v) is 14.9. The molecule has 0 unspecified atom stereocenters. The number of thiophene rings is 1. The van der Waals surface area contributed by atoms with Crippen molar-refractivity contribution in [1.29, 1.82) is 0 Å². The third-order valence-corrected chi connectivity index (χ3v) is 4.75. The summed E-state index contributed by atoms with van der Waals surface area (Å²) in [7, 11) is 1.25. The van der Waals surface area contributed by atoms with Crippen molar-refractivity contribution in [3.8, 4) is 0 Å². The van der Waals surface area contributed by atoms with Gasteiger partial charge in [0.05, 0.1) is 12.8 Å². The Hall–Kier alpha value is -2.81. The lowest BCUT2D eigenvalue weighted by Crippen LogP contribution is -2.20. The van der Waals surface area contributed by atoms with Gasteiger partial charge >= 0.3 is 11.9 Å². The van der Waals surface area contributed by atoms with Crippen LogP contribution in [0.2, 0.25) is 0 Å². The fourth-order valence-electron chi connectivity index (χ4n) is 1.94. The van der Waals surface area contributed by atoms with Crippen LogP contribution in [0.1, 0.15) is 56.3 Å². The minimum Gasteiger partial charge on any atom is -0.476 e. The number of ether oxygens (including phenoxy) is 1. The Morgan fingerprint density at radius 1 is 1.16 bits per heavy atom. The molecule has 1 amide bonds. The molecule has 0 spiro atoms. The molecule has 0 aromatic carbocycles. The molecule has 0 saturated carbocycles. The maximum atomic E-state index is 12.4. The Kier molecular flexibility index (Phi) is 5.17. The SMILES string of the molecule is COC(=O)c1sc(C(C)(C)C)cc1NC(=O)c1nccnc1C(=O)O. The molecule has 0 aliphatic rings. The van der Waals surface area contributed by atoms with E-state index in [-0.39, 0.29) is 21.7 Å². The number of aromatic nitrogens is 2. The summed E-state index contributed by atoms with van der Waals surface area (Å²) >= 11 is 1.21. The van der Waals surface area contributed by atoms with E-state index in [4.69, 9.17) is 9.84 Å². The summed E-state index contributed by atoms with van der Waals surface area (Å²) in [6.07, 6.45) is 2.40. The molecule has 2 aromatic heterocycles. The van der Waals surface area contributed by atoms with Gasteiger partial charge in [0.2, 0.25) is 0 Å². The average molecular weight is 363 g/mol. The van der Waals surface area contributed by atoms with E-state index >= 15 is 0 Å². The van der Waals surface area contributed by atoms with Gasteiger partial charge in [-0.05, 0) is 11.5 Å². The first-order chi connectivity index (χ1) is 11.6. The molecule has 2 aromatic rings. The van der Waals surface area contributed by atoms with E-state index in [0.717, 1.165) is 4.88 Å². The van der Waals surface area contributed by atoms with Crippen molar-refractivity contribution in [2.24, 2.45) is 0 Å². The van der Waals surface area contributed by atoms with Gasteiger partial charge in [0.1, 0.15) is 4.88 Å². The molecule has 0 bridgehead atoms. The van der Waals surface area contributed by atoms with Crippen molar-refractivity contribution in [1.82, 2.24) is 9.97 Å².